The zero-order valence-electron chi connectivity index (χ0n) is 18.4. The van der Waals surface area contributed by atoms with Gasteiger partial charge in [0.1, 0.15) is 6.61 Å². The number of aliphatic hydroxyl groups is 1. The molecule has 1 aromatic rings. The van der Waals surface area contributed by atoms with Gasteiger partial charge in [-0.25, -0.2) is 9.63 Å². The van der Waals surface area contributed by atoms with Crippen molar-refractivity contribution in [2.24, 2.45) is 0 Å². The Morgan fingerprint density at radius 2 is 2.06 bits per heavy atom. The summed E-state index contributed by atoms with van der Waals surface area (Å²) in [6.07, 6.45) is 0.935. The first-order valence-corrected chi connectivity index (χ1v) is 9.53. The molecule has 0 saturated heterocycles. The fourth-order valence-corrected chi connectivity index (χ4v) is 2.06. The van der Waals surface area contributed by atoms with Crippen molar-refractivity contribution in [1.29, 1.82) is 5.26 Å². The number of allylic oxidation sites excluding steroid dienone is 1. The van der Waals surface area contributed by atoms with Crippen LogP contribution in [0.15, 0.2) is 17.7 Å². The normalized spacial score (nSPS) is 11.2. The van der Waals surface area contributed by atoms with Crippen LogP contribution in [0, 0.1) is 16.2 Å². The van der Waals surface area contributed by atoms with Crippen molar-refractivity contribution in [2.75, 3.05) is 33.4 Å². The third kappa shape index (κ3) is 10.8. The van der Waals surface area contributed by atoms with Gasteiger partial charge in [-0.2, -0.15) is 5.26 Å². The first-order valence-electron chi connectivity index (χ1n) is 9.53. The number of benzene rings is 1. The van der Waals surface area contributed by atoms with Crippen LogP contribution in [0.1, 0.15) is 26.3 Å². The Labute approximate surface area is 185 Å². The number of hydrogen-bond donors (Lipinski definition) is 4. The molecule has 0 aromatic heterocycles. The van der Waals surface area contributed by atoms with E-state index in [1.54, 1.807) is 6.92 Å². The highest BCUT2D eigenvalue weighted by molar-refractivity contribution is 5.67. The second kappa shape index (κ2) is 15.0. The third-order valence-corrected chi connectivity index (χ3v) is 3.69. The van der Waals surface area contributed by atoms with E-state index >= 15 is 0 Å². The Bertz CT molecular complexity index is 849. The largest absolute Gasteiger partial charge is 0.504 e. The Hall–Kier alpha value is -3.85. The van der Waals surface area contributed by atoms with E-state index in [4.69, 9.17) is 10.4 Å². The van der Waals surface area contributed by atoms with Crippen LogP contribution in [0.25, 0.3) is 6.08 Å². The van der Waals surface area contributed by atoms with Gasteiger partial charge in [-0.1, -0.05) is 0 Å². The highest BCUT2D eigenvalue weighted by atomic mass is 16.8. The monoisotopic (exact) mass is 453 g/mol. The summed E-state index contributed by atoms with van der Waals surface area (Å²) in [6, 6.07) is 4.44. The number of carbonyl (C=O) groups excluding carboxylic acids is 2. The van der Waals surface area contributed by atoms with Gasteiger partial charge in [0.15, 0.2) is 12.9 Å². The smallest absolute Gasteiger partial charge is 0.407 e. The van der Waals surface area contributed by atoms with Crippen molar-refractivity contribution >= 4 is 24.3 Å². The van der Waals surface area contributed by atoms with Crippen LogP contribution in [0.5, 0.6) is 11.5 Å². The van der Waals surface area contributed by atoms with E-state index < -0.39 is 23.7 Å². The highest BCUT2D eigenvalue weighted by Crippen LogP contribution is 2.36. The Kier molecular flexibility index (Phi) is 13.2. The van der Waals surface area contributed by atoms with Gasteiger partial charge >= 0.3 is 11.8 Å². The van der Waals surface area contributed by atoms with Crippen molar-refractivity contribution in [2.45, 2.75) is 26.9 Å². The van der Waals surface area contributed by atoms with Crippen LogP contribution in [0.3, 0.4) is 0 Å². The lowest BCUT2D eigenvalue weighted by atomic mass is 10.1. The first kappa shape index (κ1) is 28.1. The first-order chi connectivity index (χ1) is 15.1. The number of aliphatic hydroxyl groups excluding tert-OH is 1. The van der Waals surface area contributed by atoms with E-state index in [1.165, 1.54) is 30.0 Å². The summed E-state index contributed by atoms with van der Waals surface area (Å²) in [4.78, 5) is 38.5. The molecule has 32 heavy (non-hydrogen) atoms. The van der Waals surface area contributed by atoms with E-state index in [2.05, 4.69) is 14.9 Å². The predicted molar refractivity (Wildman–Crippen MR) is 114 cm³/mol. The molecule has 0 heterocycles. The highest BCUT2D eigenvalue weighted by Gasteiger charge is 2.24. The minimum absolute atomic E-state index is 0.0307. The van der Waals surface area contributed by atoms with Crippen LogP contribution in [-0.4, -0.2) is 77.1 Å². The quantitative estimate of drug-likeness (QED) is 0.177. The molecule has 0 spiro atoms. The molecular formula is C20H29N4O8+. The van der Waals surface area contributed by atoms with Gasteiger partial charge in [0.05, 0.1) is 17.1 Å². The molecule has 0 aliphatic heterocycles. The average Bonchev–Trinajstić information content (AvgIpc) is 2.77. The van der Waals surface area contributed by atoms with Crippen molar-refractivity contribution < 1.29 is 39.4 Å². The second-order valence-electron chi connectivity index (χ2n) is 6.39. The number of nitriles is 1. The van der Waals surface area contributed by atoms with Crippen molar-refractivity contribution in [3.8, 4) is 17.6 Å². The number of likely N-dealkylation sites (N-methyl/N-ethyl adjacent to an activating group) is 1. The van der Waals surface area contributed by atoms with Crippen LogP contribution < -0.4 is 5.32 Å². The van der Waals surface area contributed by atoms with Gasteiger partial charge < -0.3 is 30.3 Å². The molecule has 0 aliphatic rings. The zero-order valence-corrected chi connectivity index (χ0v) is 18.4. The molecule has 0 saturated carbocycles. The zero-order chi connectivity index (χ0) is 24.7. The number of nitrogens with one attached hydrogen (secondary N) is 1. The molecule has 4 N–H and O–H groups in total. The minimum atomic E-state index is -0.669. The molecule has 1 rings (SSSR count). The van der Waals surface area contributed by atoms with Crippen LogP contribution in [0.4, 0.5) is 10.5 Å². The molecule has 1 atom stereocenters. The average molecular weight is 453 g/mol. The summed E-state index contributed by atoms with van der Waals surface area (Å²) in [5.74, 6) is -1.04. The van der Waals surface area contributed by atoms with Gasteiger partial charge in [-0.3, -0.25) is 4.79 Å². The number of phenolic OH excluding ortho intramolecular Hbond substituents is 2. The van der Waals surface area contributed by atoms with Gasteiger partial charge in [0.2, 0.25) is 12.2 Å². The third-order valence-electron chi connectivity index (χ3n) is 3.69. The lowest BCUT2D eigenvalue weighted by Gasteiger charge is -2.14. The van der Waals surface area contributed by atoms with Crippen LogP contribution in [0.2, 0.25) is 0 Å². The molecule has 1 unspecified atom stereocenters. The molecule has 0 bridgehead atoms. The van der Waals surface area contributed by atoms with Crippen LogP contribution in [-0.2, 0) is 14.4 Å². The number of ether oxygens (including phenoxy) is 1. The fraction of sp³-hybridized carbons (Fsp3) is 0.450. The maximum absolute atomic E-state index is 11.2. The summed E-state index contributed by atoms with van der Waals surface area (Å²) in [6.45, 7) is 6.31. The van der Waals surface area contributed by atoms with E-state index in [0.29, 0.717) is 30.8 Å². The predicted octanol–water partition coefficient (Wildman–Crippen LogP) is 1.57. The molecular weight excluding hydrogens is 424 g/mol. The van der Waals surface area contributed by atoms with Crippen molar-refractivity contribution in [3.63, 3.8) is 0 Å². The molecule has 0 aliphatic carbocycles. The number of carbonyl (C=O) groups is 2. The number of phenols is 2. The molecule has 0 fully saturated rings. The Morgan fingerprint density at radius 3 is 2.56 bits per heavy atom. The Balaban J connectivity index is 0.000000607. The van der Waals surface area contributed by atoms with Crippen molar-refractivity contribution in [1.82, 2.24) is 10.2 Å². The van der Waals surface area contributed by atoms with Crippen LogP contribution >= 0.6 is 0 Å². The van der Waals surface area contributed by atoms with E-state index in [9.17, 15) is 24.7 Å². The summed E-state index contributed by atoms with van der Waals surface area (Å²) in [7, 11) is 1.13. The molecule has 2 amide bonds. The van der Waals surface area contributed by atoms with Gasteiger partial charge in [-0.05, 0) is 38.5 Å². The SMILES string of the molecule is CCN(C=O)CCNC(=O)OCC(C)O.CO[N+](=O)c1cc(/C=C(/C)C#N)cc(O)c1O. The number of aromatic hydroxyl groups is 2. The standard InChI is InChI=1S/C11H10N2O4.C9H18N2O4/c1-7(6-12)3-8-4-9(13(16)17-2)11(15)10(14)5-8;1-3-11(7-12)5-4-10-9(14)15-6-8(2)13/h3-5H,1-2H3,(H-,14,15,16);7-8,13H,3-6H2,1-2H3,(H,10,14)/p+1/b7-3-;. The topological polar surface area (TPSA) is 172 Å². The molecule has 0 radical (unpaired) electrons. The van der Waals surface area contributed by atoms with Crippen molar-refractivity contribution in [3.05, 3.63) is 28.2 Å². The molecule has 1 aromatic carbocycles. The van der Waals surface area contributed by atoms with Gasteiger partial charge in [0.25, 0.3) is 4.92 Å². The number of amides is 2. The molecule has 12 nitrogen and oxygen atoms in total. The Morgan fingerprint density at radius 1 is 1.41 bits per heavy atom. The summed E-state index contributed by atoms with van der Waals surface area (Å²) in [5, 5.41) is 38.8. The number of alkyl carbamates (subject to hydrolysis) is 1. The minimum Gasteiger partial charge on any atom is -0.504 e. The molecule has 12 heteroatoms. The summed E-state index contributed by atoms with van der Waals surface area (Å²) < 4.78 is 4.65. The summed E-state index contributed by atoms with van der Waals surface area (Å²) in [5.41, 5.74) is 0.577. The summed E-state index contributed by atoms with van der Waals surface area (Å²) >= 11 is 0. The number of rotatable bonds is 10. The van der Waals surface area contributed by atoms with E-state index in [-0.39, 0.29) is 17.2 Å². The lowest BCUT2D eigenvalue weighted by Crippen LogP contribution is -2.35. The van der Waals surface area contributed by atoms with E-state index in [0.717, 1.165) is 13.5 Å². The molecule has 176 valence electrons. The number of hydrogen-bond acceptors (Lipinski definition) is 9. The second-order valence-corrected chi connectivity index (χ2v) is 6.39. The number of nitrogens with zero attached hydrogens (tertiary/aromatic N) is 3. The maximum Gasteiger partial charge on any atom is 0.407 e. The van der Waals surface area contributed by atoms with Gasteiger partial charge in [0, 0.05) is 31.3 Å². The van der Waals surface area contributed by atoms with E-state index in [1.807, 2.05) is 13.0 Å². The maximum atomic E-state index is 11.2. The lowest BCUT2D eigenvalue weighted by molar-refractivity contribution is -0.736. The fourth-order valence-electron chi connectivity index (χ4n) is 2.06. The van der Waals surface area contributed by atoms with Gasteiger partial charge in [-0.15, -0.1) is 0 Å².